The number of nitrogens with zero attached hydrogens (tertiary/aromatic N) is 3. The van der Waals surface area contributed by atoms with Crippen LogP contribution in [0.2, 0.25) is 0 Å². The number of benzene rings is 1. The first kappa shape index (κ1) is 15.5. The molecule has 5 rings (SSSR count). The summed E-state index contributed by atoms with van der Waals surface area (Å²) in [5.41, 5.74) is 2.05. The standard InChI is InChI=1S/C20H20N4O2/c25-15-9-6-8-14-17(15)20(11-4-1-5-12-20)24-18(21-14)23-19-22-13-7-2-3-10-16(13)26-19/h2-3,6-7,9-10,17H,1,4-5,8,11-12H2,(H,22,23,24). The number of carbonyl (C=O) groups excluding carboxylic acids is 1. The molecule has 1 atom stereocenters. The van der Waals surface area contributed by atoms with Gasteiger partial charge in [-0.3, -0.25) is 10.1 Å². The van der Waals surface area contributed by atoms with Crippen LogP contribution in [0.15, 0.2) is 50.8 Å². The molecule has 1 saturated carbocycles. The number of ketones is 1. The van der Waals surface area contributed by atoms with Gasteiger partial charge in [-0.25, -0.2) is 9.98 Å². The van der Waals surface area contributed by atoms with Crippen molar-refractivity contribution in [2.75, 3.05) is 5.32 Å². The van der Waals surface area contributed by atoms with Crippen LogP contribution in [-0.2, 0) is 4.79 Å². The number of para-hydroxylation sites is 2. The normalized spacial score (nSPS) is 24.3. The second-order valence-electron chi connectivity index (χ2n) is 7.26. The van der Waals surface area contributed by atoms with E-state index < -0.39 is 0 Å². The van der Waals surface area contributed by atoms with Gasteiger partial charge in [0.05, 0.1) is 11.5 Å². The predicted octanol–water partition coefficient (Wildman–Crippen LogP) is 3.90. The summed E-state index contributed by atoms with van der Waals surface area (Å²) in [4.78, 5) is 26.6. The number of hydrogen-bond donors (Lipinski definition) is 1. The maximum Gasteiger partial charge on any atom is 0.302 e. The average molecular weight is 348 g/mol. The van der Waals surface area contributed by atoms with Crippen molar-refractivity contribution in [3.63, 3.8) is 0 Å². The third kappa shape index (κ3) is 2.48. The highest BCUT2D eigenvalue weighted by atomic mass is 16.4. The zero-order valence-corrected chi connectivity index (χ0v) is 14.4. The van der Waals surface area contributed by atoms with E-state index in [1.807, 2.05) is 30.3 Å². The Morgan fingerprint density at radius 3 is 2.85 bits per heavy atom. The molecule has 26 heavy (non-hydrogen) atoms. The molecule has 132 valence electrons. The van der Waals surface area contributed by atoms with Crippen LogP contribution in [0.1, 0.15) is 38.5 Å². The zero-order chi connectivity index (χ0) is 17.6. The van der Waals surface area contributed by atoms with Crippen LogP contribution in [0, 0.1) is 5.92 Å². The van der Waals surface area contributed by atoms with Gasteiger partial charge in [-0.2, -0.15) is 4.98 Å². The molecule has 0 radical (unpaired) electrons. The number of oxazole rings is 1. The summed E-state index contributed by atoms with van der Waals surface area (Å²) < 4.78 is 5.75. The summed E-state index contributed by atoms with van der Waals surface area (Å²) in [6.07, 6.45) is 9.55. The quantitative estimate of drug-likeness (QED) is 0.847. The van der Waals surface area contributed by atoms with Crippen molar-refractivity contribution in [2.24, 2.45) is 15.9 Å². The van der Waals surface area contributed by atoms with Crippen LogP contribution < -0.4 is 5.32 Å². The van der Waals surface area contributed by atoms with Crippen LogP contribution in [0.3, 0.4) is 0 Å². The fraction of sp³-hybridized carbons (Fsp3) is 0.400. The lowest BCUT2D eigenvalue weighted by Crippen LogP contribution is -2.50. The molecule has 2 heterocycles. The highest BCUT2D eigenvalue weighted by Crippen LogP contribution is 2.43. The molecule has 2 aromatic rings. The largest absolute Gasteiger partial charge is 0.423 e. The van der Waals surface area contributed by atoms with Gasteiger partial charge in [0.2, 0.25) is 5.96 Å². The van der Waals surface area contributed by atoms with Gasteiger partial charge in [-0.1, -0.05) is 37.5 Å². The van der Waals surface area contributed by atoms with Crippen LogP contribution in [0.5, 0.6) is 0 Å². The molecule has 2 aliphatic carbocycles. The second-order valence-corrected chi connectivity index (χ2v) is 7.26. The molecule has 1 aromatic carbocycles. The Morgan fingerprint density at radius 1 is 1.15 bits per heavy atom. The smallest absolute Gasteiger partial charge is 0.302 e. The monoisotopic (exact) mass is 348 g/mol. The summed E-state index contributed by atoms with van der Waals surface area (Å²) in [5.74, 6) is 0.441. The van der Waals surface area contributed by atoms with Crippen LogP contribution in [0.25, 0.3) is 11.1 Å². The van der Waals surface area contributed by atoms with E-state index in [-0.39, 0.29) is 17.2 Å². The van der Waals surface area contributed by atoms with E-state index >= 15 is 0 Å². The van der Waals surface area contributed by atoms with Crippen molar-refractivity contribution in [1.29, 1.82) is 0 Å². The summed E-state index contributed by atoms with van der Waals surface area (Å²) in [5, 5.41) is 3.14. The lowest BCUT2D eigenvalue weighted by Gasteiger charge is -2.42. The van der Waals surface area contributed by atoms with E-state index in [2.05, 4.69) is 15.3 Å². The molecule has 6 nitrogen and oxygen atoms in total. The van der Waals surface area contributed by atoms with E-state index in [0.29, 0.717) is 18.4 Å². The molecular formula is C20H20N4O2. The Balaban J connectivity index is 1.53. The van der Waals surface area contributed by atoms with Gasteiger partial charge in [-0.05, 0) is 31.1 Å². The molecule has 1 fully saturated rings. The van der Waals surface area contributed by atoms with Gasteiger partial charge in [0.1, 0.15) is 5.52 Å². The fourth-order valence-corrected chi connectivity index (χ4v) is 4.44. The highest BCUT2D eigenvalue weighted by molar-refractivity contribution is 6.18. The number of allylic oxidation sites excluding steroid dienone is 2. The van der Waals surface area contributed by atoms with Gasteiger partial charge < -0.3 is 4.42 Å². The SMILES string of the molecule is O=C1C=CCC2=NC(Nc3nc4ccccc4o3)=NC3(CCCCC3)C12. The van der Waals surface area contributed by atoms with Gasteiger partial charge in [-0.15, -0.1) is 0 Å². The maximum absolute atomic E-state index is 12.6. The van der Waals surface area contributed by atoms with Crippen molar-refractivity contribution >= 4 is 34.6 Å². The first-order valence-electron chi connectivity index (χ1n) is 9.24. The molecule has 0 saturated heterocycles. The Kier molecular flexibility index (Phi) is 3.51. The predicted molar refractivity (Wildman–Crippen MR) is 101 cm³/mol. The fourth-order valence-electron chi connectivity index (χ4n) is 4.44. The van der Waals surface area contributed by atoms with E-state index in [9.17, 15) is 4.79 Å². The number of rotatable bonds is 1. The molecule has 1 spiro atoms. The number of carbonyl (C=O) groups is 1. The van der Waals surface area contributed by atoms with Crippen molar-refractivity contribution in [2.45, 2.75) is 44.1 Å². The molecule has 1 aromatic heterocycles. The summed E-state index contributed by atoms with van der Waals surface area (Å²) in [6, 6.07) is 8.01. The third-order valence-corrected chi connectivity index (χ3v) is 5.57. The third-order valence-electron chi connectivity index (χ3n) is 5.57. The first-order chi connectivity index (χ1) is 12.7. The van der Waals surface area contributed by atoms with Crippen molar-refractivity contribution < 1.29 is 9.21 Å². The molecule has 1 unspecified atom stereocenters. The molecule has 1 aliphatic heterocycles. The van der Waals surface area contributed by atoms with E-state index in [1.165, 1.54) is 6.42 Å². The van der Waals surface area contributed by atoms with Crippen LogP contribution in [0.4, 0.5) is 6.01 Å². The minimum absolute atomic E-state index is 0.140. The first-order valence-corrected chi connectivity index (χ1v) is 9.24. The van der Waals surface area contributed by atoms with E-state index in [1.54, 1.807) is 6.08 Å². The summed E-state index contributed by atoms with van der Waals surface area (Å²) in [6.45, 7) is 0. The zero-order valence-electron chi connectivity index (χ0n) is 14.4. The minimum atomic E-state index is -0.370. The van der Waals surface area contributed by atoms with Gasteiger partial charge in [0, 0.05) is 12.1 Å². The molecule has 0 amide bonds. The van der Waals surface area contributed by atoms with E-state index in [0.717, 1.165) is 42.5 Å². The number of nitrogens with one attached hydrogen (secondary N) is 1. The Bertz CT molecular complexity index is 930. The molecular weight excluding hydrogens is 328 g/mol. The Labute approximate surface area is 151 Å². The summed E-state index contributed by atoms with van der Waals surface area (Å²) in [7, 11) is 0. The molecule has 1 N–H and O–H groups in total. The minimum Gasteiger partial charge on any atom is -0.423 e. The Hall–Kier alpha value is -2.76. The number of guanidine groups is 1. The number of hydrogen-bond acceptors (Lipinski definition) is 6. The Morgan fingerprint density at radius 2 is 2.00 bits per heavy atom. The number of anilines is 1. The van der Waals surface area contributed by atoms with Crippen LogP contribution >= 0.6 is 0 Å². The maximum atomic E-state index is 12.6. The van der Waals surface area contributed by atoms with Gasteiger partial charge in [0.25, 0.3) is 0 Å². The number of aliphatic imine (C=N–C) groups is 2. The van der Waals surface area contributed by atoms with Crippen molar-refractivity contribution in [3.05, 3.63) is 36.4 Å². The number of aromatic nitrogens is 1. The van der Waals surface area contributed by atoms with Crippen molar-refractivity contribution in [1.82, 2.24) is 4.98 Å². The van der Waals surface area contributed by atoms with Crippen molar-refractivity contribution in [3.8, 4) is 0 Å². The number of fused-ring (bicyclic) bond motifs is 3. The average Bonchev–Trinajstić information content (AvgIpc) is 3.04. The lowest BCUT2D eigenvalue weighted by atomic mass is 9.67. The lowest BCUT2D eigenvalue weighted by molar-refractivity contribution is -0.118. The van der Waals surface area contributed by atoms with Crippen LogP contribution in [-0.4, -0.2) is 28.0 Å². The van der Waals surface area contributed by atoms with E-state index in [4.69, 9.17) is 9.41 Å². The summed E-state index contributed by atoms with van der Waals surface area (Å²) >= 11 is 0. The van der Waals surface area contributed by atoms with Gasteiger partial charge >= 0.3 is 6.01 Å². The topological polar surface area (TPSA) is 79.9 Å². The molecule has 6 heteroatoms. The molecule has 0 bridgehead atoms. The van der Waals surface area contributed by atoms with Gasteiger partial charge in [0.15, 0.2) is 11.4 Å². The second kappa shape index (κ2) is 5.90. The molecule has 3 aliphatic rings. The highest BCUT2D eigenvalue weighted by Gasteiger charge is 2.48.